The first-order chi connectivity index (χ1) is 8.24. The molecule has 0 aromatic rings. The second kappa shape index (κ2) is 6.36. The summed E-state index contributed by atoms with van der Waals surface area (Å²) < 4.78 is 5.61. The molecule has 0 aromatic carbocycles. The van der Waals surface area contributed by atoms with Crippen LogP contribution >= 0.6 is 0 Å². The van der Waals surface area contributed by atoms with Gasteiger partial charge in [-0.25, -0.2) is 0 Å². The number of ether oxygens (including phenoxy) is 1. The van der Waals surface area contributed by atoms with E-state index < -0.39 is 0 Å². The van der Waals surface area contributed by atoms with Gasteiger partial charge in [-0.3, -0.25) is 4.79 Å². The molecule has 4 nitrogen and oxygen atoms in total. The molecule has 0 aromatic heterocycles. The van der Waals surface area contributed by atoms with Crippen LogP contribution in [0.2, 0.25) is 0 Å². The van der Waals surface area contributed by atoms with Gasteiger partial charge in [0.15, 0.2) is 0 Å². The maximum Gasteiger partial charge on any atom is 0.246 e. The van der Waals surface area contributed by atoms with Crippen molar-refractivity contribution in [2.45, 2.75) is 51.2 Å². The summed E-state index contributed by atoms with van der Waals surface area (Å²) in [7, 11) is 0. The van der Waals surface area contributed by atoms with Crippen LogP contribution in [-0.2, 0) is 9.53 Å². The summed E-state index contributed by atoms with van der Waals surface area (Å²) in [6.45, 7) is 4.31. The third kappa shape index (κ3) is 5.04. The molecule has 0 bridgehead atoms. The molecule has 1 aliphatic carbocycles. The molecular weight excluding hydrogens is 216 g/mol. The smallest absolute Gasteiger partial charge is 0.246 e. The Labute approximate surface area is 103 Å². The SMILES string of the molecule is CC(CC1CC1)NC(=O)COC1CCNCC1. The van der Waals surface area contributed by atoms with Crippen LogP contribution in [0, 0.1) is 5.92 Å². The Morgan fingerprint density at radius 2 is 2.06 bits per heavy atom. The first-order valence-corrected chi connectivity index (χ1v) is 6.85. The average Bonchev–Trinajstić information content (AvgIpc) is 3.11. The number of nitrogens with one attached hydrogen (secondary N) is 2. The largest absolute Gasteiger partial charge is 0.368 e. The predicted molar refractivity (Wildman–Crippen MR) is 66.8 cm³/mol. The molecule has 1 saturated carbocycles. The van der Waals surface area contributed by atoms with E-state index in [-0.39, 0.29) is 18.6 Å². The van der Waals surface area contributed by atoms with Gasteiger partial charge >= 0.3 is 0 Å². The molecule has 1 atom stereocenters. The van der Waals surface area contributed by atoms with E-state index >= 15 is 0 Å². The molecule has 1 aliphatic heterocycles. The lowest BCUT2D eigenvalue weighted by molar-refractivity contribution is -0.128. The molecule has 1 unspecified atom stereocenters. The number of piperidine rings is 1. The standard InChI is InChI=1S/C13H24N2O2/c1-10(8-11-2-3-11)15-13(16)9-17-12-4-6-14-7-5-12/h10-12,14H,2-9H2,1H3,(H,15,16). The van der Waals surface area contributed by atoms with E-state index in [2.05, 4.69) is 17.6 Å². The summed E-state index contributed by atoms with van der Waals surface area (Å²) >= 11 is 0. The van der Waals surface area contributed by atoms with E-state index in [9.17, 15) is 4.79 Å². The fraction of sp³-hybridized carbons (Fsp3) is 0.923. The van der Waals surface area contributed by atoms with E-state index in [0.29, 0.717) is 6.04 Å². The number of hydrogen-bond acceptors (Lipinski definition) is 3. The van der Waals surface area contributed by atoms with Crippen LogP contribution in [0.25, 0.3) is 0 Å². The third-order valence-electron chi connectivity index (χ3n) is 3.53. The summed E-state index contributed by atoms with van der Waals surface area (Å²) in [6, 6.07) is 0.298. The lowest BCUT2D eigenvalue weighted by atomic mass is 10.1. The monoisotopic (exact) mass is 240 g/mol. The zero-order valence-electron chi connectivity index (χ0n) is 10.7. The summed E-state index contributed by atoms with van der Waals surface area (Å²) in [5.74, 6) is 0.896. The second-order valence-electron chi connectivity index (χ2n) is 5.41. The first-order valence-electron chi connectivity index (χ1n) is 6.85. The van der Waals surface area contributed by atoms with Crippen molar-refractivity contribution in [1.82, 2.24) is 10.6 Å². The number of rotatable bonds is 6. The van der Waals surface area contributed by atoms with Crippen molar-refractivity contribution in [3.8, 4) is 0 Å². The molecular formula is C13H24N2O2. The van der Waals surface area contributed by atoms with Gasteiger partial charge in [-0.2, -0.15) is 0 Å². The van der Waals surface area contributed by atoms with Crippen molar-refractivity contribution in [2.24, 2.45) is 5.92 Å². The predicted octanol–water partition coefficient (Wildman–Crippen LogP) is 1.06. The molecule has 2 rings (SSSR count). The zero-order valence-corrected chi connectivity index (χ0v) is 10.7. The average molecular weight is 240 g/mol. The van der Waals surface area contributed by atoms with E-state index in [1.807, 2.05) is 0 Å². The molecule has 1 heterocycles. The van der Waals surface area contributed by atoms with E-state index in [4.69, 9.17) is 4.74 Å². The van der Waals surface area contributed by atoms with Crippen LogP contribution in [0.4, 0.5) is 0 Å². The van der Waals surface area contributed by atoms with Crippen molar-refractivity contribution in [2.75, 3.05) is 19.7 Å². The van der Waals surface area contributed by atoms with Crippen molar-refractivity contribution in [3.05, 3.63) is 0 Å². The molecule has 1 amide bonds. The van der Waals surface area contributed by atoms with Gasteiger partial charge in [0, 0.05) is 6.04 Å². The van der Waals surface area contributed by atoms with Gasteiger partial charge in [0.05, 0.1) is 6.10 Å². The number of amides is 1. The molecule has 0 spiro atoms. The van der Waals surface area contributed by atoms with Crippen molar-refractivity contribution < 1.29 is 9.53 Å². The molecule has 0 radical (unpaired) electrons. The second-order valence-corrected chi connectivity index (χ2v) is 5.41. The molecule has 98 valence electrons. The summed E-state index contributed by atoms with van der Waals surface area (Å²) in [4.78, 5) is 11.6. The minimum atomic E-state index is 0.0386. The van der Waals surface area contributed by atoms with Crippen molar-refractivity contribution in [1.29, 1.82) is 0 Å². The van der Waals surface area contributed by atoms with Crippen LogP contribution < -0.4 is 10.6 Å². The van der Waals surface area contributed by atoms with Crippen molar-refractivity contribution in [3.63, 3.8) is 0 Å². The van der Waals surface area contributed by atoms with Gasteiger partial charge in [0.1, 0.15) is 6.61 Å². The number of carbonyl (C=O) groups excluding carboxylic acids is 1. The van der Waals surface area contributed by atoms with Crippen LogP contribution in [0.5, 0.6) is 0 Å². The van der Waals surface area contributed by atoms with Gasteiger partial charge in [-0.1, -0.05) is 12.8 Å². The molecule has 4 heteroatoms. The molecule has 2 fully saturated rings. The molecule has 17 heavy (non-hydrogen) atoms. The third-order valence-corrected chi connectivity index (χ3v) is 3.53. The lowest BCUT2D eigenvalue weighted by Crippen LogP contribution is -2.38. The highest BCUT2D eigenvalue weighted by Crippen LogP contribution is 2.33. The van der Waals surface area contributed by atoms with E-state index in [1.165, 1.54) is 12.8 Å². The van der Waals surface area contributed by atoms with Crippen LogP contribution in [0.3, 0.4) is 0 Å². The Balaban J connectivity index is 1.55. The molecule has 2 N–H and O–H groups in total. The summed E-state index contributed by atoms with van der Waals surface area (Å²) in [6.07, 6.45) is 6.10. The molecule has 2 aliphatic rings. The quantitative estimate of drug-likeness (QED) is 0.730. The van der Waals surface area contributed by atoms with Crippen molar-refractivity contribution >= 4 is 5.91 Å². The number of hydrogen-bond donors (Lipinski definition) is 2. The van der Waals surface area contributed by atoms with Gasteiger partial charge < -0.3 is 15.4 Å². The Hall–Kier alpha value is -0.610. The fourth-order valence-electron chi connectivity index (χ4n) is 2.38. The topological polar surface area (TPSA) is 50.4 Å². The molecule has 1 saturated heterocycles. The van der Waals surface area contributed by atoms with Gasteiger partial charge in [-0.05, 0) is 45.2 Å². The maximum absolute atomic E-state index is 11.6. The van der Waals surface area contributed by atoms with Crippen LogP contribution in [0.1, 0.15) is 39.0 Å². The first kappa shape index (κ1) is 12.8. The van der Waals surface area contributed by atoms with E-state index in [1.54, 1.807) is 0 Å². The Morgan fingerprint density at radius 1 is 1.35 bits per heavy atom. The van der Waals surface area contributed by atoms with Gasteiger partial charge in [0.25, 0.3) is 0 Å². The normalized spacial score (nSPS) is 23.4. The summed E-state index contributed by atoms with van der Waals surface area (Å²) in [5, 5.41) is 6.29. The number of carbonyl (C=O) groups is 1. The van der Waals surface area contributed by atoms with E-state index in [0.717, 1.165) is 38.3 Å². The maximum atomic E-state index is 11.6. The Kier molecular flexibility index (Phi) is 4.80. The lowest BCUT2D eigenvalue weighted by Gasteiger charge is -2.23. The fourth-order valence-corrected chi connectivity index (χ4v) is 2.38. The summed E-state index contributed by atoms with van der Waals surface area (Å²) in [5.41, 5.74) is 0. The highest BCUT2D eigenvalue weighted by atomic mass is 16.5. The Bertz CT molecular complexity index is 248. The minimum absolute atomic E-state index is 0.0386. The highest BCUT2D eigenvalue weighted by Gasteiger charge is 2.24. The highest BCUT2D eigenvalue weighted by molar-refractivity contribution is 5.77. The van der Waals surface area contributed by atoms with Crippen LogP contribution in [-0.4, -0.2) is 37.7 Å². The minimum Gasteiger partial charge on any atom is -0.368 e. The Morgan fingerprint density at radius 3 is 2.71 bits per heavy atom. The van der Waals surface area contributed by atoms with Gasteiger partial charge in [-0.15, -0.1) is 0 Å². The van der Waals surface area contributed by atoms with Crippen LogP contribution in [0.15, 0.2) is 0 Å². The zero-order chi connectivity index (χ0) is 12.1. The van der Waals surface area contributed by atoms with Gasteiger partial charge in [0.2, 0.25) is 5.91 Å².